The third-order valence-electron chi connectivity index (χ3n) is 2.67. The highest BCUT2D eigenvalue weighted by molar-refractivity contribution is 6.33. The van der Waals surface area contributed by atoms with Crippen LogP contribution in [0.1, 0.15) is 10.4 Å². The number of fused-ring (bicyclic) bond motifs is 1. The highest BCUT2D eigenvalue weighted by atomic mass is 35.5. The summed E-state index contributed by atoms with van der Waals surface area (Å²) >= 11 is 11.8. The van der Waals surface area contributed by atoms with Gasteiger partial charge in [0.15, 0.2) is 16.6 Å². The Morgan fingerprint density at radius 1 is 1.35 bits per heavy atom. The van der Waals surface area contributed by atoms with E-state index in [4.69, 9.17) is 27.6 Å². The van der Waals surface area contributed by atoms with E-state index >= 15 is 0 Å². The Morgan fingerprint density at radius 3 is 2.80 bits per heavy atom. The maximum atomic E-state index is 11.6. The van der Waals surface area contributed by atoms with Crippen LogP contribution in [0.3, 0.4) is 0 Å². The molecular formula is C12H7Cl2N3O3. The predicted molar refractivity (Wildman–Crippen MR) is 72.0 cm³/mol. The first-order valence-corrected chi connectivity index (χ1v) is 6.24. The summed E-state index contributed by atoms with van der Waals surface area (Å²) in [5.41, 5.74) is 0.686. The van der Waals surface area contributed by atoms with Crippen LogP contribution in [0.15, 0.2) is 28.8 Å². The zero-order valence-corrected chi connectivity index (χ0v) is 11.6. The van der Waals surface area contributed by atoms with Crippen LogP contribution in [0.5, 0.6) is 0 Å². The van der Waals surface area contributed by atoms with E-state index in [0.717, 1.165) is 0 Å². The van der Waals surface area contributed by atoms with Crippen LogP contribution in [0.2, 0.25) is 10.2 Å². The second kappa shape index (κ2) is 4.81. The normalized spacial score (nSPS) is 10.9. The molecule has 0 radical (unpaired) electrons. The van der Waals surface area contributed by atoms with Crippen molar-refractivity contribution in [1.29, 1.82) is 0 Å². The highest BCUT2D eigenvalue weighted by Crippen LogP contribution is 2.26. The molecule has 102 valence electrons. The Morgan fingerprint density at radius 2 is 2.15 bits per heavy atom. The van der Waals surface area contributed by atoms with E-state index in [9.17, 15) is 4.79 Å². The SMILES string of the molecule is COC(=O)c1cc(Cl)c2nnc(-c3ccc(Cl)o3)n2c1. The molecule has 0 spiro atoms. The van der Waals surface area contributed by atoms with E-state index in [-0.39, 0.29) is 15.8 Å². The predicted octanol–water partition coefficient (Wildman–Crippen LogP) is 3.08. The monoisotopic (exact) mass is 311 g/mol. The number of ether oxygens (including phenoxy) is 1. The van der Waals surface area contributed by atoms with E-state index in [0.29, 0.717) is 17.2 Å². The summed E-state index contributed by atoms with van der Waals surface area (Å²) in [6.07, 6.45) is 1.53. The van der Waals surface area contributed by atoms with Gasteiger partial charge in [0.05, 0.1) is 17.7 Å². The molecule has 0 fully saturated rings. The quantitative estimate of drug-likeness (QED) is 0.680. The van der Waals surface area contributed by atoms with Crippen molar-refractivity contribution < 1.29 is 13.9 Å². The number of nitrogens with zero attached hydrogens (tertiary/aromatic N) is 3. The number of hydrogen-bond donors (Lipinski definition) is 0. The number of hydrogen-bond acceptors (Lipinski definition) is 5. The lowest BCUT2D eigenvalue weighted by Crippen LogP contribution is -2.03. The highest BCUT2D eigenvalue weighted by Gasteiger charge is 2.17. The number of furan rings is 1. The topological polar surface area (TPSA) is 69.6 Å². The van der Waals surface area contributed by atoms with Crippen molar-refractivity contribution in [2.24, 2.45) is 0 Å². The zero-order valence-electron chi connectivity index (χ0n) is 10.1. The molecule has 3 aromatic heterocycles. The van der Waals surface area contributed by atoms with Gasteiger partial charge in [-0.1, -0.05) is 11.6 Å². The van der Waals surface area contributed by atoms with Crippen LogP contribution in [0.25, 0.3) is 17.2 Å². The van der Waals surface area contributed by atoms with Crippen LogP contribution in [-0.4, -0.2) is 27.7 Å². The van der Waals surface area contributed by atoms with Crippen molar-refractivity contribution in [3.8, 4) is 11.6 Å². The molecule has 0 saturated carbocycles. The van der Waals surface area contributed by atoms with E-state index in [2.05, 4.69) is 14.9 Å². The van der Waals surface area contributed by atoms with Gasteiger partial charge < -0.3 is 9.15 Å². The molecule has 0 aliphatic rings. The minimum absolute atomic E-state index is 0.229. The van der Waals surface area contributed by atoms with Gasteiger partial charge in [0.1, 0.15) is 0 Å². The Labute approximate surface area is 122 Å². The van der Waals surface area contributed by atoms with Gasteiger partial charge in [-0.25, -0.2) is 4.79 Å². The molecule has 0 saturated heterocycles. The molecule has 3 aromatic rings. The molecule has 0 aliphatic carbocycles. The van der Waals surface area contributed by atoms with Crippen LogP contribution < -0.4 is 0 Å². The molecule has 8 heteroatoms. The first kappa shape index (κ1) is 13.0. The minimum atomic E-state index is -0.508. The number of carbonyl (C=O) groups is 1. The third-order valence-corrected chi connectivity index (χ3v) is 3.16. The molecular weight excluding hydrogens is 305 g/mol. The Hall–Kier alpha value is -2.05. The van der Waals surface area contributed by atoms with Crippen molar-refractivity contribution in [1.82, 2.24) is 14.6 Å². The second-order valence-corrected chi connectivity index (χ2v) is 4.67. The van der Waals surface area contributed by atoms with Crippen LogP contribution >= 0.6 is 23.2 Å². The summed E-state index contributed by atoms with van der Waals surface area (Å²) in [5.74, 6) is 0.297. The molecule has 3 rings (SSSR count). The van der Waals surface area contributed by atoms with Gasteiger partial charge in [-0.3, -0.25) is 4.40 Å². The summed E-state index contributed by atoms with van der Waals surface area (Å²) in [7, 11) is 1.29. The van der Waals surface area contributed by atoms with Crippen molar-refractivity contribution >= 4 is 34.8 Å². The number of pyridine rings is 1. The van der Waals surface area contributed by atoms with Gasteiger partial charge in [0, 0.05) is 6.20 Å². The Balaban J connectivity index is 2.24. The van der Waals surface area contributed by atoms with Gasteiger partial charge in [0.25, 0.3) is 0 Å². The number of aromatic nitrogens is 3. The van der Waals surface area contributed by atoms with Crippen molar-refractivity contribution in [2.75, 3.05) is 7.11 Å². The molecule has 0 aliphatic heterocycles. The lowest BCUT2D eigenvalue weighted by molar-refractivity contribution is 0.0600. The van der Waals surface area contributed by atoms with Crippen LogP contribution in [0.4, 0.5) is 0 Å². The first-order valence-electron chi connectivity index (χ1n) is 5.48. The van der Waals surface area contributed by atoms with Gasteiger partial charge in [0.2, 0.25) is 5.82 Å². The summed E-state index contributed by atoms with van der Waals surface area (Å²) in [6.45, 7) is 0. The van der Waals surface area contributed by atoms with E-state index < -0.39 is 5.97 Å². The molecule has 0 N–H and O–H groups in total. The number of methoxy groups -OCH3 is 1. The molecule has 3 heterocycles. The molecule has 0 unspecified atom stereocenters. The second-order valence-electron chi connectivity index (χ2n) is 3.89. The minimum Gasteiger partial charge on any atom is -0.465 e. The van der Waals surface area contributed by atoms with Gasteiger partial charge >= 0.3 is 5.97 Å². The van der Waals surface area contributed by atoms with Crippen LogP contribution in [-0.2, 0) is 4.74 Å². The average Bonchev–Trinajstić information content (AvgIpc) is 3.03. The summed E-state index contributed by atoms with van der Waals surface area (Å²) in [6, 6.07) is 4.71. The van der Waals surface area contributed by atoms with Crippen molar-refractivity contribution in [2.45, 2.75) is 0 Å². The summed E-state index contributed by atoms with van der Waals surface area (Å²) < 4.78 is 11.5. The van der Waals surface area contributed by atoms with E-state index in [1.54, 1.807) is 16.5 Å². The average molecular weight is 312 g/mol. The molecule has 20 heavy (non-hydrogen) atoms. The van der Waals surface area contributed by atoms with Gasteiger partial charge in [-0.15, -0.1) is 10.2 Å². The maximum Gasteiger partial charge on any atom is 0.339 e. The molecule has 0 atom stereocenters. The zero-order chi connectivity index (χ0) is 14.3. The largest absolute Gasteiger partial charge is 0.465 e. The number of carbonyl (C=O) groups excluding carboxylic acids is 1. The fourth-order valence-corrected chi connectivity index (χ4v) is 2.18. The Bertz CT molecular complexity index is 809. The number of esters is 1. The molecule has 6 nitrogen and oxygen atoms in total. The molecule has 0 amide bonds. The summed E-state index contributed by atoms with van der Waals surface area (Å²) in [5, 5.41) is 8.46. The first-order chi connectivity index (χ1) is 9.60. The Kier molecular flexibility index (Phi) is 3.11. The summed E-state index contributed by atoms with van der Waals surface area (Å²) in [4.78, 5) is 11.6. The van der Waals surface area contributed by atoms with Crippen molar-refractivity contribution in [3.63, 3.8) is 0 Å². The fourth-order valence-electron chi connectivity index (χ4n) is 1.79. The lowest BCUT2D eigenvalue weighted by Gasteiger charge is -2.03. The standard InChI is InChI=1S/C12H7Cl2N3O3/c1-19-12(18)6-4-7(13)10-15-16-11(17(10)5-6)8-2-3-9(14)20-8/h2-5H,1H3. The van der Waals surface area contributed by atoms with Gasteiger partial charge in [-0.2, -0.15) is 0 Å². The smallest absolute Gasteiger partial charge is 0.339 e. The maximum absolute atomic E-state index is 11.6. The fraction of sp³-hybridized carbons (Fsp3) is 0.0833. The number of rotatable bonds is 2. The van der Waals surface area contributed by atoms with E-state index in [1.807, 2.05) is 0 Å². The third kappa shape index (κ3) is 2.03. The van der Waals surface area contributed by atoms with E-state index in [1.165, 1.54) is 19.4 Å². The number of halogens is 2. The van der Waals surface area contributed by atoms with Crippen LogP contribution in [0, 0.1) is 0 Å². The molecule has 0 bridgehead atoms. The lowest BCUT2D eigenvalue weighted by atomic mass is 10.3. The van der Waals surface area contributed by atoms with Gasteiger partial charge in [-0.05, 0) is 29.8 Å². The molecule has 0 aromatic carbocycles. The van der Waals surface area contributed by atoms with Crippen molar-refractivity contribution in [3.05, 3.63) is 40.2 Å².